The number of methoxy groups -OCH3 is 1. The molecule has 1 atom stereocenters. The van der Waals surface area contributed by atoms with Crippen molar-refractivity contribution >= 4 is 21.6 Å². The number of benzene rings is 2. The second-order valence-electron chi connectivity index (χ2n) is 6.57. The first-order chi connectivity index (χ1) is 12.6. The third-order valence-corrected chi connectivity index (χ3v) is 5.59. The number of ether oxygens (including phenoxy) is 1. The zero-order valence-corrected chi connectivity index (χ0v) is 17.1. The summed E-state index contributed by atoms with van der Waals surface area (Å²) in [7, 11) is -2.04. The van der Waals surface area contributed by atoms with E-state index in [2.05, 4.69) is 5.32 Å². The van der Waals surface area contributed by atoms with Crippen molar-refractivity contribution in [2.45, 2.75) is 26.8 Å². The fraction of sp³-hybridized carbons (Fsp3) is 0.350. The number of anilines is 1. The highest BCUT2D eigenvalue weighted by Gasteiger charge is 2.22. The van der Waals surface area contributed by atoms with Gasteiger partial charge in [0.2, 0.25) is 15.9 Å². The van der Waals surface area contributed by atoms with Crippen LogP contribution in [0.15, 0.2) is 42.5 Å². The summed E-state index contributed by atoms with van der Waals surface area (Å²) >= 11 is 0. The lowest BCUT2D eigenvalue weighted by atomic mass is 10.1. The highest BCUT2D eigenvalue weighted by atomic mass is 32.2. The van der Waals surface area contributed by atoms with Crippen LogP contribution >= 0.6 is 0 Å². The standard InChI is InChI=1S/C20H26N2O4S/c1-14-10-11-17(12-15(14)2)22(27(5,24)25)13-20(23)21-16(3)18-8-6-7-9-19(18)26-4/h6-12,16H,13H2,1-5H3,(H,21,23)/t16-/m1/s1. The molecule has 2 aromatic rings. The van der Waals surface area contributed by atoms with E-state index >= 15 is 0 Å². The topological polar surface area (TPSA) is 75.7 Å². The third kappa shape index (κ3) is 5.23. The lowest BCUT2D eigenvalue weighted by Crippen LogP contribution is -2.41. The Morgan fingerprint density at radius 1 is 1.15 bits per heavy atom. The fourth-order valence-electron chi connectivity index (χ4n) is 2.80. The van der Waals surface area contributed by atoms with Crippen LogP contribution in [0, 0.1) is 13.8 Å². The number of aryl methyl sites for hydroxylation is 2. The van der Waals surface area contributed by atoms with Gasteiger partial charge >= 0.3 is 0 Å². The molecule has 1 amide bonds. The number of carbonyl (C=O) groups is 1. The molecule has 0 heterocycles. The summed E-state index contributed by atoms with van der Waals surface area (Å²) in [6.45, 7) is 5.39. The second-order valence-corrected chi connectivity index (χ2v) is 8.48. The van der Waals surface area contributed by atoms with Crippen LogP contribution in [-0.2, 0) is 14.8 Å². The van der Waals surface area contributed by atoms with Crippen molar-refractivity contribution in [1.82, 2.24) is 5.32 Å². The molecule has 146 valence electrons. The molecule has 0 aliphatic carbocycles. The maximum atomic E-state index is 12.6. The van der Waals surface area contributed by atoms with E-state index in [4.69, 9.17) is 4.74 Å². The first-order valence-electron chi connectivity index (χ1n) is 8.60. The van der Waals surface area contributed by atoms with Gasteiger partial charge in [-0.25, -0.2) is 8.42 Å². The number of carbonyl (C=O) groups excluding carboxylic acids is 1. The largest absolute Gasteiger partial charge is 0.496 e. The number of amides is 1. The average molecular weight is 391 g/mol. The summed E-state index contributed by atoms with van der Waals surface area (Å²) in [5.74, 6) is 0.275. The van der Waals surface area contributed by atoms with Crippen molar-refractivity contribution in [3.63, 3.8) is 0 Å². The van der Waals surface area contributed by atoms with Crippen LogP contribution in [0.3, 0.4) is 0 Å². The molecule has 7 heteroatoms. The van der Waals surface area contributed by atoms with Gasteiger partial charge in [-0.3, -0.25) is 9.10 Å². The van der Waals surface area contributed by atoms with Crippen molar-refractivity contribution in [1.29, 1.82) is 0 Å². The van der Waals surface area contributed by atoms with Crippen LogP contribution in [0.25, 0.3) is 0 Å². The summed E-state index contributed by atoms with van der Waals surface area (Å²) in [6, 6.07) is 12.4. The zero-order chi connectivity index (χ0) is 20.2. The van der Waals surface area contributed by atoms with Crippen LogP contribution in [-0.4, -0.2) is 34.2 Å². The smallest absolute Gasteiger partial charge is 0.241 e. The Balaban J connectivity index is 2.20. The van der Waals surface area contributed by atoms with Gasteiger partial charge in [0.1, 0.15) is 12.3 Å². The van der Waals surface area contributed by atoms with E-state index in [1.165, 1.54) is 0 Å². The van der Waals surface area contributed by atoms with E-state index in [0.29, 0.717) is 11.4 Å². The highest BCUT2D eigenvalue weighted by molar-refractivity contribution is 7.92. The quantitative estimate of drug-likeness (QED) is 0.789. The highest BCUT2D eigenvalue weighted by Crippen LogP contribution is 2.25. The number of nitrogens with one attached hydrogen (secondary N) is 1. The molecule has 0 bridgehead atoms. The molecule has 6 nitrogen and oxygen atoms in total. The van der Waals surface area contributed by atoms with Gasteiger partial charge in [0.15, 0.2) is 0 Å². The zero-order valence-electron chi connectivity index (χ0n) is 16.3. The average Bonchev–Trinajstić information content (AvgIpc) is 2.61. The minimum Gasteiger partial charge on any atom is -0.496 e. The lowest BCUT2D eigenvalue weighted by molar-refractivity contribution is -0.120. The van der Waals surface area contributed by atoms with Gasteiger partial charge in [0, 0.05) is 5.56 Å². The Bertz CT molecular complexity index is 925. The number of nitrogens with zero attached hydrogens (tertiary/aromatic N) is 1. The van der Waals surface area contributed by atoms with Gasteiger partial charge in [-0.2, -0.15) is 0 Å². The normalized spacial score (nSPS) is 12.3. The summed E-state index contributed by atoms with van der Waals surface area (Å²) in [4.78, 5) is 12.6. The molecule has 0 unspecified atom stereocenters. The van der Waals surface area contributed by atoms with Crippen molar-refractivity contribution in [3.05, 3.63) is 59.2 Å². The summed E-state index contributed by atoms with van der Waals surface area (Å²) < 4.78 is 30.9. The van der Waals surface area contributed by atoms with Crippen LogP contribution in [0.4, 0.5) is 5.69 Å². The Kier molecular flexibility index (Phi) is 6.49. The molecule has 0 aliphatic rings. The van der Waals surface area contributed by atoms with E-state index in [-0.39, 0.29) is 12.6 Å². The second kappa shape index (κ2) is 8.43. The van der Waals surface area contributed by atoms with Crippen molar-refractivity contribution in [2.24, 2.45) is 0 Å². The van der Waals surface area contributed by atoms with Gasteiger partial charge in [-0.15, -0.1) is 0 Å². The first kappa shape index (κ1) is 20.8. The van der Waals surface area contributed by atoms with E-state index in [0.717, 1.165) is 27.3 Å². The van der Waals surface area contributed by atoms with Gasteiger partial charge < -0.3 is 10.1 Å². The predicted molar refractivity (Wildman–Crippen MR) is 108 cm³/mol. The van der Waals surface area contributed by atoms with Crippen LogP contribution in [0.1, 0.15) is 29.7 Å². The Labute approximate surface area is 161 Å². The van der Waals surface area contributed by atoms with Gasteiger partial charge in [-0.05, 0) is 50.1 Å². The molecule has 0 radical (unpaired) electrons. The molecular formula is C20H26N2O4S. The molecule has 0 saturated heterocycles. The molecule has 2 aromatic carbocycles. The maximum absolute atomic E-state index is 12.6. The van der Waals surface area contributed by atoms with Gasteiger partial charge in [-0.1, -0.05) is 24.3 Å². The van der Waals surface area contributed by atoms with Crippen molar-refractivity contribution in [2.75, 3.05) is 24.2 Å². The predicted octanol–water partition coefficient (Wildman–Crippen LogP) is 2.96. The maximum Gasteiger partial charge on any atom is 0.241 e. The third-order valence-electron chi connectivity index (χ3n) is 4.45. The summed E-state index contributed by atoms with van der Waals surface area (Å²) in [6.07, 6.45) is 1.10. The molecule has 0 fully saturated rings. The molecule has 1 N–H and O–H groups in total. The summed E-state index contributed by atoms with van der Waals surface area (Å²) in [5.41, 5.74) is 3.32. The SMILES string of the molecule is COc1ccccc1[C@@H](C)NC(=O)CN(c1ccc(C)c(C)c1)S(C)(=O)=O. The van der Waals surface area contributed by atoms with Gasteiger partial charge in [0.05, 0.1) is 25.1 Å². The van der Waals surface area contributed by atoms with E-state index < -0.39 is 15.9 Å². The Hall–Kier alpha value is -2.54. The molecule has 2 rings (SSSR count). The number of sulfonamides is 1. The molecule has 0 aromatic heterocycles. The van der Waals surface area contributed by atoms with Crippen molar-refractivity contribution < 1.29 is 17.9 Å². The van der Waals surface area contributed by atoms with Crippen molar-refractivity contribution in [3.8, 4) is 5.75 Å². The fourth-order valence-corrected chi connectivity index (χ4v) is 3.65. The number of para-hydroxylation sites is 1. The molecule has 0 saturated carbocycles. The van der Waals surface area contributed by atoms with Gasteiger partial charge in [0.25, 0.3) is 0 Å². The molecular weight excluding hydrogens is 364 g/mol. The number of hydrogen-bond donors (Lipinski definition) is 1. The number of rotatable bonds is 7. The van der Waals surface area contributed by atoms with E-state index in [9.17, 15) is 13.2 Å². The molecule has 0 aliphatic heterocycles. The Morgan fingerprint density at radius 3 is 2.41 bits per heavy atom. The molecule has 27 heavy (non-hydrogen) atoms. The lowest BCUT2D eigenvalue weighted by Gasteiger charge is -2.24. The van der Waals surface area contributed by atoms with Crippen LogP contribution in [0.5, 0.6) is 5.75 Å². The Morgan fingerprint density at radius 2 is 1.81 bits per heavy atom. The van der Waals surface area contributed by atoms with Crippen LogP contribution < -0.4 is 14.4 Å². The van der Waals surface area contributed by atoms with E-state index in [1.54, 1.807) is 19.2 Å². The monoisotopic (exact) mass is 390 g/mol. The van der Waals surface area contributed by atoms with E-state index in [1.807, 2.05) is 51.1 Å². The minimum atomic E-state index is -3.61. The van der Waals surface area contributed by atoms with Crippen LogP contribution in [0.2, 0.25) is 0 Å². The minimum absolute atomic E-state index is 0.291. The first-order valence-corrected chi connectivity index (χ1v) is 10.5. The number of hydrogen-bond acceptors (Lipinski definition) is 4. The summed E-state index contributed by atoms with van der Waals surface area (Å²) in [5, 5.41) is 2.84. The molecule has 0 spiro atoms.